The summed E-state index contributed by atoms with van der Waals surface area (Å²) in [4.78, 5) is 10.8. The highest BCUT2D eigenvalue weighted by Crippen LogP contribution is 2.23. The number of hydrogen-bond acceptors (Lipinski definition) is 4. The molecule has 0 bridgehead atoms. The van der Waals surface area contributed by atoms with Gasteiger partial charge in [-0.2, -0.15) is 0 Å². The van der Waals surface area contributed by atoms with Crippen LogP contribution in [0.2, 0.25) is 0 Å². The van der Waals surface area contributed by atoms with Crippen molar-refractivity contribution < 1.29 is 5.11 Å². The zero-order valence-electron chi connectivity index (χ0n) is 11.4. The Bertz CT molecular complexity index is 532. The largest absolute Gasteiger partial charge is 0.391 e. The van der Waals surface area contributed by atoms with E-state index in [-0.39, 0.29) is 12.1 Å². The van der Waals surface area contributed by atoms with Gasteiger partial charge in [0.25, 0.3) is 0 Å². The Kier molecular flexibility index (Phi) is 4.04. The molecule has 1 fully saturated rings. The lowest BCUT2D eigenvalue weighted by Gasteiger charge is -2.25. The third-order valence-corrected chi connectivity index (χ3v) is 3.88. The fourth-order valence-electron chi connectivity index (χ4n) is 2.82. The molecule has 0 unspecified atom stereocenters. The molecule has 0 radical (unpaired) electrons. The first-order valence-corrected chi connectivity index (χ1v) is 7.04. The van der Waals surface area contributed by atoms with Crippen LogP contribution in [0.25, 0.3) is 0 Å². The van der Waals surface area contributed by atoms with Crippen molar-refractivity contribution in [3.05, 3.63) is 60.2 Å². The molecule has 1 aliphatic rings. The van der Waals surface area contributed by atoms with Gasteiger partial charge in [0, 0.05) is 37.7 Å². The van der Waals surface area contributed by atoms with E-state index >= 15 is 0 Å². The van der Waals surface area contributed by atoms with Gasteiger partial charge in [-0.1, -0.05) is 12.1 Å². The van der Waals surface area contributed by atoms with Crippen molar-refractivity contribution in [2.75, 3.05) is 6.54 Å². The minimum absolute atomic E-state index is 0.154. The van der Waals surface area contributed by atoms with E-state index in [0.717, 1.165) is 31.6 Å². The summed E-state index contributed by atoms with van der Waals surface area (Å²) < 4.78 is 0. The molecule has 104 valence electrons. The summed E-state index contributed by atoms with van der Waals surface area (Å²) in [5.41, 5.74) is 2.22. The summed E-state index contributed by atoms with van der Waals surface area (Å²) >= 11 is 0. The third kappa shape index (κ3) is 3.03. The highest BCUT2D eigenvalue weighted by Gasteiger charge is 2.32. The molecule has 4 nitrogen and oxygen atoms in total. The zero-order valence-corrected chi connectivity index (χ0v) is 11.4. The molecule has 2 atom stereocenters. The van der Waals surface area contributed by atoms with Gasteiger partial charge in [-0.05, 0) is 36.6 Å². The summed E-state index contributed by atoms with van der Waals surface area (Å²) in [6.45, 7) is 1.71. The molecule has 0 amide bonds. The highest BCUT2D eigenvalue weighted by atomic mass is 16.3. The number of pyridine rings is 2. The Morgan fingerprint density at radius 3 is 2.90 bits per heavy atom. The summed E-state index contributed by atoms with van der Waals surface area (Å²) in [6.07, 6.45) is 6.88. The monoisotopic (exact) mass is 269 g/mol. The number of aromatic nitrogens is 2. The maximum Gasteiger partial charge on any atom is 0.0711 e. The van der Waals surface area contributed by atoms with Crippen LogP contribution in [0.4, 0.5) is 0 Å². The lowest BCUT2D eigenvalue weighted by molar-refractivity contribution is 0.112. The molecule has 3 rings (SSSR count). The maximum atomic E-state index is 10.2. The quantitative estimate of drug-likeness (QED) is 0.917. The van der Waals surface area contributed by atoms with Crippen molar-refractivity contribution in [3.8, 4) is 0 Å². The van der Waals surface area contributed by atoms with Gasteiger partial charge in [0.1, 0.15) is 0 Å². The van der Waals surface area contributed by atoms with E-state index in [1.165, 1.54) is 5.56 Å². The summed E-state index contributed by atoms with van der Waals surface area (Å²) in [5, 5.41) is 10.2. The van der Waals surface area contributed by atoms with Gasteiger partial charge < -0.3 is 5.11 Å². The van der Waals surface area contributed by atoms with Gasteiger partial charge in [-0.3, -0.25) is 14.9 Å². The van der Waals surface area contributed by atoms with Crippen LogP contribution in [-0.2, 0) is 13.0 Å². The lowest BCUT2D eigenvalue weighted by Crippen LogP contribution is -2.36. The second-order valence-corrected chi connectivity index (χ2v) is 5.28. The SMILES string of the molecule is O[C@@H]1CCN(Cc2ccccn2)[C@H]1Cc1cccnc1. The first-order chi connectivity index (χ1) is 9.83. The fraction of sp³-hybridized carbons (Fsp3) is 0.375. The molecular weight excluding hydrogens is 250 g/mol. The van der Waals surface area contributed by atoms with Crippen LogP contribution in [0.15, 0.2) is 48.9 Å². The minimum atomic E-state index is -0.265. The Hall–Kier alpha value is -1.78. The molecule has 0 spiro atoms. The first kappa shape index (κ1) is 13.2. The van der Waals surface area contributed by atoms with E-state index in [1.54, 1.807) is 6.20 Å². The fourth-order valence-corrected chi connectivity index (χ4v) is 2.82. The molecule has 4 heteroatoms. The van der Waals surface area contributed by atoms with Crippen molar-refractivity contribution in [3.63, 3.8) is 0 Å². The average Bonchev–Trinajstić information content (AvgIpc) is 2.83. The van der Waals surface area contributed by atoms with E-state index in [2.05, 4.69) is 20.9 Å². The van der Waals surface area contributed by atoms with E-state index in [9.17, 15) is 5.11 Å². The Balaban J connectivity index is 1.70. The van der Waals surface area contributed by atoms with E-state index in [4.69, 9.17) is 0 Å². The molecule has 0 aromatic carbocycles. The second-order valence-electron chi connectivity index (χ2n) is 5.28. The van der Waals surface area contributed by atoms with Crippen LogP contribution in [0, 0.1) is 0 Å². The lowest BCUT2D eigenvalue weighted by atomic mass is 10.0. The number of hydrogen-bond donors (Lipinski definition) is 1. The molecule has 2 aromatic heterocycles. The van der Waals surface area contributed by atoms with Crippen molar-refractivity contribution >= 4 is 0 Å². The van der Waals surface area contributed by atoms with Crippen molar-refractivity contribution in [2.24, 2.45) is 0 Å². The highest BCUT2D eigenvalue weighted by molar-refractivity contribution is 5.12. The van der Waals surface area contributed by atoms with Crippen LogP contribution in [0.3, 0.4) is 0 Å². The number of nitrogens with zero attached hydrogens (tertiary/aromatic N) is 3. The number of aliphatic hydroxyl groups excluding tert-OH is 1. The van der Waals surface area contributed by atoms with Crippen molar-refractivity contribution in [1.82, 2.24) is 14.9 Å². The molecule has 1 N–H and O–H groups in total. The van der Waals surface area contributed by atoms with Crippen LogP contribution < -0.4 is 0 Å². The summed E-state index contributed by atoms with van der Waals surface area (Å²) in [6, 6.07) is 10.1. The van der Waals surface area contributed by atoms with Gasteiger partial charge in [-0.25, -0.2) is 0 Å². The molecule has 2 aromatic rings. The van der Waals surface area contributed by atoms with Gasteiger partial charge in [0.05, 0.1) is 11.8 Å². The predicted molar refractivity (Wildman–Crippen MR) is 77.0 cm³/mol. The number of likely N-dealkylation sites (tertiary alicyclic amines) is 1. The standard InChI is InChI=1S/C16H19N3O/c20-16-6-9-19(12-14-5-1-2-8-18-14)15(16)10-13-4-3-7-17-11-13/h1-5,7-8,11,15-16,20H,6,9-10,12H2/t15-,16+/m0/s1. The summed E-state index contributed by atoms with van der Waals surface area (Å²) in [7, 11) is 0. The number of rotatable bonds is 4. The predicted octanol–water partition coefficient (Wildman–Crippen LogP) is 1.65. The molecule has 1 aliphatic heterocycles. The first-order valence-electron chi connectivity index (χ1n) is 7.04. The minimum Gasteiger partial charge on any atom is -0.391 e. The number of aliphatic hydroxyl groups is 1. The van der Waals surface area contributed by atoms with Crippen LogP contribution in [0.1, 0.15) is 17.7 Å². The third-order valence-electron chi connectivity index (χ3n) is 3.88. The van der Waals surface area contributed by atoms with Crippen molar-refractivity contribution in [2.45, 2.75) is 31.5 Å². The molecule has 3 heterocycles. The smallest absolute Gasteiger partial charge is 0.0711 e. The van der Waals surface area contributed by atoms with Gasteiger partial charge in [0.15, 0.2) is 0 Å². The van der Waals surface area contributed by atoms with Gasteiger partial charge in [-0.15, -0.1) is 0 Å². The summed E-state index contributed by atoms with van der Waals surface area (Å²) in [5.74, 6) is 0. The molecule has 20 heavy (non-hydrogen) atoms. The zero-order chi connectivity index (χ0) is 13.8. The Morgan fingerprint density at radius 1 is 1.20 bits per heavy atom. The van der Waals surface area contributed by atoms with Gasteiger partial charge in [0.2, 0.25) is 0 Å². The second kappa shape index (κ2) is 6.11. The Labute approximate surface area is 119 Å². The molecule has 0 aliphatic carbocycles. The topological polar surface area (TPSA) is 49.2 Å². The van der Waals surface area contributed by atoms with Crippen LogP contribution in [0.5, 0.6) is 0 Å². The maximum absolute atomic E-state index is 10.2. The van der Waals surface area contributed by atoms with E-state index in [0.29, 0.717) is 0 Å². The molecule has 1 saturated heterocycles. The molecular formula is C16H19N3O. The normalized spacial score (nSPS) is 23.1. The van der Waals surface area contributed by atoms with E-state index in [1.807, 2.05) is 36.7 Å². The van der Waals surface area contributed by atoms with E-state index < -0.39 is 0 Å². The molecule has 0 saturated carbocycles. The van der Waals surface area contributed by atoms with Crippen molar-refractivity contribution in [1.29, 1.82) is 0 Å². The van der Waals surface area contributed by atoms with Gasteiger partial charge >= 0.3 is 0 Å². The Morgan fingerprint density at radius 2 is 2.15 bits per heavy atom. The van der Waals surface area contributed by atoms with Crippen LogP contribution >= 0.6 is 0 Å². The van der Waals surface area contributed by atoms with Crippen LogP contribution in [-0.4, -0.2) is 38.7 Å². The average molecular weight is 269 g/mol.